The molecule has 252 valence electrons. The van der Waals surface area contributed by atoms with Crippen molar-refractivity contribution in [2.75, 3.05) is 57.3 Å². The molecule has 4 saturated heterocycles. The molecule has 1 atom stereocenters. The summed E-state index contributed by atoms with van der Waals surface area (Å²) in [6.45, 7) is 19.5. The lowest BCUT2D eigenvalue weighted by Gasteiger charge is -2.48. The van der Waals surface area contributed by atoms with Gasteiger partial charge >= 0.3 is 0 Å². The van der Waals surface area contributed by atoms with Crippen molar-refractivity contribution in [2.24, 2.45) is 11.3 Å². The van der Waals surface area contributed by atoms with E-state index >= 15 is 0 Å². The number of nitrogens with zero attached hydrogens (tertiary/aromatic N) is 7. The average Bonchev–Trinajstić information content (AvgIpc) is 3.74. The van der Waals surface area contributed by atoms with Crippen LogP contribution in [0.3, 0.4) is 0 Å². The zero-order chi connectivity index (χ0) is 33.2. The molecule has 0 radical (unpaired) electrons. The fourth-order valence-corrected chi connectivity index (χ4v) is 9.41. The van der Waals surface area contributed by atoms with Gasteiger partial charge in [-0.05, 0) is 77.5 Å². The molecule has 0 bridgehead atoms. The van der Waals surface area contributed by atoms with Crippen molar-refractivity contribution in [3.8, 4) is 11.1 Å². The highest BCUT2D eigenvalue weighted by Gasteiger charge is 2.49. The number of aromatic amines is 1. The number of likely N-dealkylation sites (tertiary alicyclic amines) is 3. The molecule has 4 fully saturated rings. The van der Waals surface area contributed by atoms with Gasteiger partial charge in [0.25, 0.3) is 0 Å². The summed E-state index contributed by atoms with van der Waals surface area (Å²) in [5.74, 6) is 1.69. The Morgan fingerprint density at radius 2 is 1.81 bits per heavy atom. The number of carbonyl (C=O) groups excluding carboxylic acids is 2. The van der Waals surface area contributed by atoms with E-state index < -0.39 is 0 Å². The van der Waals surface area contributed by atoms with Crippen LogP contribution in [-0.4, -0.2) is 104 Å². The van der Waals surface area contributed by atoms with Gasteiger partial charge in [-0.25, -0.2) is 0 Å². The van der Waals surface area contributed by atoms with Crippen molar-refractivity contribution >= 4 is 51.7 Å². The van der Waals surface area contributed by atoms with Crippen LogP contribution in [0.4, 0.5) is 5.82 Å². The summed E-state index contributed by atoms with van der Waals surface area (Å²) in [5.41, 5.74) is 3.89. The second-order valence-electron chi connectivity index (χ2n) is 15.1. The number of rotatable bonds is 6. The van der Waals surface area contributed by atoms with Crippen LogP contribution in [0.2, 0.25) is 10.0 Å². The number of piperidine rings is 2. The van der Waals surface area contributed by atoms with Gasteiger partial charge in [-0.1, -0.05) is 29.8 Å². The van der Waals surface area contributed by atoms with Gasteiger partial charge in [0.05, 0.1) is 27.8 Å². The Hall–Kier alpha value is -3.08. The first-order valence-corrected chi connectivity index (χ1v) is 17.7. The molecule has 0 saturated carbocycles. The second-order valence-corrected chi connectivity index (χ2v) is 15.8. The Balaban J connectivity index is 1.18. The third-order valence-corrected chi connectivity index (χ3v) is 12.2. The standard InChI is InChI=1S/C35H46Cl2N8O2/c1-6-29(47)42-11-8-25(9-12-42)45-22(2)30(31-26-17-38-39-28(26)15-27(36)32(31)37)33(40-45)44-13-7-24(16-34(44,4)5)18-41-14-10-35(19-41)20-43(21-35)23(3)46/h6,15,17,24-25H,1,7-14,16,18-21H2,2-5H3,(H,38,39)/t24-/m1/s1. The average molecular weight is 682 g/mol. The molecule has 10 nitrogen and oxygen atoms in total. The van der Waals surface area contributed by atoms with Crippen LogP contribution in [0, 0.1) is 18.3 Å². The molecule has 7 rings (SSSR count). The largest absolute Gasteiger partial charge is 0.349 e. The van der Waals surface area contributed by atoms with Gasteiger partial charge in [-0.2, -0.15) is 10.2 Å². The van der Waals surface area contributed by atoms with E-state index in [4.69, 9.17) is 28.3 Å². The SMILES string of the molecule is C=CC(=O)N1CCC(n2nc(N3CC[C@@H](CN4CCC5(C4)CN(C(C)=O)C5)CC3(C)C)c(-c3c(Cl)c(Cl)cc4[nH]ncc34)c2C)CC1. The summed E-state index contributed by atoms with van der Waals surface area (Å²) in [5, 5.41) is 14.7. The molecule has 2 amide bonds. The first-order valence-electron chi connectivity index (χ1n) is 17.0. The fraction of sp³-hybridized carbons (Fsp3) is 0.600. The Morgan fingerprint density at radius 1 is 1.06 bits per heavy atom. The smallest absolute Gasteiger partial charge is 0.245 e. The first kappa shape index (κ1) is 32.5. The highest BCUT2D eigenvalue weighted by Crippen LogP contribution is 2.48. The number of nitrogens with one attached hydrogen (secondary N) is 1. The third kappa shape index (κ3) is 5.74. The molecule has 0 unspecified atom stereocenters. The van der Waals surface area contributed by atoms with E-state index in [1.54, 1.807) is 6.92 Å². The van der Waals surface area contributed by atoms with Gasteiger partial charge in [-0.15, -0.1) is 0 Å². The molecule has 1 aromatic carbocycles. The maximum Gasteiger partial charge on any atom is 0.245 e. The van der Waals surface area contributed by atoms with Crippen LogP contribution in [0.5, 0.6) is 0 Å². The molecule has 47 heavy (non-hydrogen) atoms. The summed E-state index contributed by atoms with van der Waals surface area (Å²) >= 11 is 13.8. The van der Waals surface area contributed by atoms with Crippen molar-refractivity contribution < 1.29 is 9.59 Å². The van der Waals surface area contributed by atoms with Crippen molar-refractivity contribution in [3.63, 3.8) is 0 Å². The molecule has 3 aromatic rings. The monoisotopic (exact) mass is 680 g/mol. The lowest BCUT2D eigenvalue weighted by Crippen LogP contribution is -2.59. The van der Waals surface area contributed by atoms with Crippen LogP contribution >= 0.6 is 23.2 Å². The molecule has 1 N–H and O–H groups in total. The Kier molecular flexibility index (Phi) is 8.36. The maximum absolute atomic E-state index is 12.3. The highest BCUT2D eigenvalue weighted by molar-refractivity contribution is 6.45. The molecule has 4 aliphatic rings. The van der Waals surface area contributed by atoms with Crippen LogP contribution in [0.15, 0.2) is 24.9 Å². The summed E-state index contributed by atoms with van der Waals surface area (Å²) in [6.07, 6.45) is 8.16. The first-order chi connectivity index (χ1) is 22.4. The quantitative estimate of drug-likeness (QED) is 0.324. The maximum atomic E-state index is 12.3. The number of aromatic nitrogens is 4. The molecular weight excluding hydrogens is 635 g/mol. The van der Waals surface area contributed by atoms with E-state index in [1.807, 2.05) is 22.1 Å². The van der Waals surface area contributed by atoms with Gasteiger partial charge in [0.15, 0.2) is 5.82 Å². The Labute approximate surface area is 287 Å². The van der Waals surface area contributed by atoms with Gasteiger partial charge < -0.3 is 19.6 Å². The van der Waals surface area contributed by atoms with E-state index in [2.05, 4.69) is 52.0 Å². The van der Waals surface area contributed by atoms with E-state index in [0.29, 0.717) is 34.5 Å². The van der Waals surface area contributed by atoms with Crippen LogP contribution in [0.25, 0.3) is 22.0 Å². The minimum Gasteiger partial charge on any atom is -0.349 e. The second kappa shape index (κ2) is 12.1. The number of halogens is 2. The minimum atomic E-state index is -0.150. The van der Waals surface area contributed by atoms with Crippen molar-refractivity contribution in [1.82, 2.24) is 34.7 Å². The predicted octanol–water partition coefficient (Wildman–Crippen LogP) is 5.94. The van der Waals surface area contributed by atoms with E-state index in [9.17, 15) is 9.59 Å². The lowest BCUT2D eigenvalue weighted by molar-refractivity contribution is -0.140. The van der Waals surface area contributed by atoms with Crippen molar-refractivity contribution in [3.05, 3.63) is 40.7 Å². The Bertz CT molecular complexity index is 1720. The van der Waals surface area contributed by atoms with Gasteiger partial charge in [0.2, 0.25) is 11.8 Å². The highest BCUT2D eigenvalue weighted by atomic mass is 35.5. The zero-order valence-electron chi connectivity index (χ0n) is 28.0. The fourth-order valence-electron chi connectivity index (χ4n) is 8.95. The van der Waals surface area contributed by atoms with Gasteiger partial charge in [0.1, 0.15) is 0 Å². The van der Waals surface area contributed by atoms with E-state index in [0.717, 1.165) is 98.5 Å². The number of anilines is 1. The van der Waals surface area contributed by atoms with Crippen LogP contribution in [0.1, 0.15) is 64.6 Å². The molecular formula is C35H46Cl2N8O2. The zero-order valence-corrected chi connectivity index (χ0v) is 29.5. The van der Waals surface area contributed by atoms with Gasteiger partial charge in [-0.3, -0.25) is 19.4 Å². The number of hydrogen-bond donors (Lipinski definition) is 1. The number of hydrogen-bond acceptors (Lipinski definition) is 6. The molecule has 1 spiro atoms. The van der Waals surface area contributed by atoms with Gasteiger partial charge in [0, 0.05) is 85.9 Å². The van der Waals surface area contributed by atoms with E-state index in [-0.39, 0.29) is 23.4 Å². The van der Waals surface area contributed by atoms with Crippen molar-refractivity contribution in [2.45, 2.75) is 71.4 Å². The molecule has 0 aliphatic carbocycles. The lowest BCUT2D eigenvalue weighted by atomic mass is 9.79. The van der Waals surface area contributed by atoms with Crippen molar-refractivity contribution in [1.29, 1.82) is 0 Å². The number of carbonyl (C=O) groups is 2. The number of benzene rings is 1. The molecule has 6 heterocycles. The molecule has 12 heteroatoms. The number of H-pyrrole nitrogens is 1. The topological polar surface area (TPSA) is 93.6 Å². The molecule has 2 aromatic heterocycles. The third-order valence-electron chi connectivity index (χ3n) is 11.4. The predicted molar refractivity (Wildman–Crippen MR) is 187 cm³/mol. The summed E-state index contributed by atoms with van der Waals surface area (Å²) < 4.78 is 2.18. The number of amides is 2. The summed E-state index contributed by atoms with van der Waals surface area (Å²) in [4.78, 5) is 33.1. The normalized spacial score (nSPS) is 23.1. The molecule has 4 aliphatic heterocycles. The minimum absolute atomic E-state index is 0.0190. The summed E-state index contributed by atoms with van der Waals surface area (Å²) in [7, 11) is 0. The van der Waals surface area contributed by atoms with Crippen LogP contribution < -0.4 is 4.90 Å². The number of fused-ring (bicyclic) bond motifs is 1. The summed E-state index contributed by atoms with van der Waals surface area (Å²) in [6, 6.07) is 1.99. The van der Waals surface area contributed by atoms with E-state index in [1.165, 1.54) is 12.5 Å². The Morgan fingerprint density at radius 3 is 2.49 bits per heavy atom. The van der Waals surface area contributed by atoms with Crippen LogP contribution in [-0.2, 0) is 9.59 Å².